The Kier molecular flexibility index (Phi) is 6.65. The van der Waals surface area contributed by atoms with Crippen molar-refractivity contribution in [2.45, 2.75) is 45.6 Å². The zero-order valence-corrected chi connectivity index (χ0v) is 13.4. The van der Waals surface area contributed by atoms with E-state index in [1.165, 1.54) is 38.4 Å². The second-order valence-corrected chi connectivity index (χ2v) is 6.15. The molecule has 2 rings (SSSR count). The van der Waals surface area contributed by atoms with Gasteiger partial charge in [0.05, 0.1) is 0 Å². The van der Waals surface area contributed by atoms with Crippen molar-refractivity contribution in [2.75, 3.05) is 26.2 Å². The van der Waals surface area contributed by atoms with Gasteiger partial charge in [0.1, 0.15) is 5.82 Å². The highest BCUT2D eigenvalue weighted by Gasteiger charge is 2.19. The van der Waals surface area contributed by atoms with Gasteiger partial charge in [0.15, 0.2) is 0 Å². The maximum atomic E-state index is 13.4. The number of hydrogen-bond acceptors (Lipinski definition) is 2. The van der Waals surface area contributed by atoms with Gasteiger partial charge in [-0.3, -0.25) is 0 Å². The standard InChI is InChI=1S/C18H29FN2/c1-3-15-8-11-21(12-9-15)13-10-18(20-4-2)16-6-5-7-17(19)14-16/h5-7,14-15,18,20H,3-4,8-13H2,1-2H3. The maximum Gasteiger partial charge on any atom is 0.123 e. The predicted molar refractivity (Wildman–Crippen MR) is 86.9 cm³/mol. The zero-order chi connectivity index (χ0) is 15.1. The van der Waals surface area contributed by atoms with Gasteiger partial charge < -0.3 is 10.2 Å². The molecule has 0 bridgehead atoms. The third-order valence-corrected chi connectivity index (χ3v) is 4.72. The lowest BCUT2D eigenvalue weighted by atomic mass is 9.94. The number of hydrogen-bond donors (Lipinski definition) is 1. The van der Waals surface area contributed by atoms with Crippen LogP contribution in [0.4, 0.5) is 4.39 Å². The van der Waals surface area contributed by atoms with Crippen molar-refractivity contribution in [1.29, 1.82) is 0 Å². The van der Waals surface area contributed by atoms with Gasteiger partial charge in [0.25, 0.3) is 0 Å². The molecule has 1 aromatic carbocycles. The largest absolute Gasteiger partial charge is 0.310 e. The van der Waals surface area contributed by atoms with Crippen molar-refractivity contribution in [2.24, 2.45) is 5.92 Å². The van der Waals surface area contributed by atoms with E-state index < -0.39 is 0 Å². The van der Waals surface area contributed by atoms with E-state index in [1.807, 2.05) is 12.1 Å². The highest BCUT2D eigenvalue weighted by molar-refractivity contribution is 5.20. The number of benzene rings is 1. The maximum absolute atomic E-state index is 13.4. The molecule has 1 N–H and O–H groups in total. The first-order chi connectivity index (χ1) is 10.2. The molecular formula is C18H29FN2. The van der Waals surface area contributed by atoms with E-state index >= 15 is 0 Å². The summed E-state index contributed by atoms with van der Waals surface area (Å²) in [6.07, 6.45) is 5.04. The van der Waals surface area contributed by atoms with E-state index in [0.29, 0.717) is 0 Å². The molecule has 0 amide bonds. The smallest absolute Gasteiger partial charge is 0.123 e. The molecular weight excluding hydrogens is 263 g/mol. The summed E-state index contributed by atoms with van der Waals surface area (Å²) in [6.45, 7) is 8.87. The molecule has 1 saturated heterocycles. The van der Waals surface area contributed by atoms with Crippen LogP contribution in [0.2, 0.25) is 0 Å². The summed E-state index contributed by atoms with van der Waals surface area (Å²) in [4.78, 5) is 2.57. The molecule has 1 unspecified atom stereocenters. The molecule has 1 heterocycles. The zero-order valence-electron chi connectivity index (χ0n) is 13.4. The minimum atomic E-state index is -0.140. The van der Waals surface area contributed by atoms with Crippen molar-refractivity contribution in [3.63, 3.8) is 0 Å². The molecule has 1 fully saturated rings. The van der Waals surface area contributed by atoms with Gasteiger partial charge in [-0.2, -0.15) is 0 Å². The van der Waals surface area contributed by atoms with Crippen LogP contribution in [0, 0.1) is 11.7 Å². The minimum Gasteiger partial charge on any atom is -0.310 e. The highest BCUT2D eigenvalue weighted by atomic mass is 19.1. The van der Waals surface area contributed by atoms with Gasteiger partial charge in [0, 0.05) is 6.04 Å². The summed E-state index contributed by atoms with van der Waals surface area (Å²) < 4.78 is 13.4. The van der Waals surface area contributed by atoms with E-state index in [1.54, 1.807) is 6.07 Å². The highest BCUT2D eigenvalue weighted by Crippen LogP contribution is 2.22. The fourth-order valence-electron chi connectivity index (χ4n) is 3.29. The van der Waals surface area contributed by atoms with Gasteiger partial charge in [-0.1, -0.05) is 32.4 Å². The number of piperidine rings is 1. The van der Waals surface area contributed by atoms with Gasteiger partial charge >= 0.3 is 0 Å². The Morgan fingerprint density at radius 2 is 2.05 bits per heavy atom. The van der Waals surface area contributed by atoms with Gasteiger partial charge in [0.2, 0.25) is 0 Å². The Morgan fingerprint density at radius 3 is 2.67 bits per heavy atom. The number of nitrogens with one attached hydrogen (secondary N) is 1. The third-order valence-electron chi connectivity index (χ3n) is 4.72. The van der Waals surface area contributed by atoms with Crippen LogP contribution in [0.15, 0.2) is 24.3 Å². The molecule has 3 heteroatoms. The number of halogens is 1. The van der Waals surface area contributed by atoms with Crippen LogP contribution in [-0.4, -0.2) is 31.1 Å². The van der Waals surface area contributed by atoms with Gasteiger partial charge in [-0.05, 0) is 69.1 Å². The molecule has 118 valence electrons. The summed E-state index contributed by atoms with van der Waals surface area (Å²) in [7, 11) is 0. The minimum absolute atomic E-state index is 0.140. The SMILES string of the molecule is CCNC(CCN1CCC(CC)CC1)c1cccc(F)c1. The van der Waals surface area contributed by atoms with Crippen LogP contribution < -0.4 is 5.32 Å². The molecule has 2 nitrogen and oxygen atoms in total. The predicted octanol–water partition coefficient (Wildman–Crippen LogP) is 3.99. The average molecular weight is 292 g/mol. The number of rotatable bonds is 7. The van der Waals surface area contributed by atoms with Crippen LogP contribution >= 0.6 is 0 Å². The van der Waals surface area contributed by atoms with Gasteiger partial charge in [-0.25, -0.2) is 4.39 Å². The molecule has 1 atom stereocenters. The average Bonchev–Trinajstić information content (AvgIpc) is 2.52. The van der Waals surface area contributed by atoms with E-state index in [-0.39, 0.29) is 11.9 Å². The normalized spacial score (nSPS) is 18.8. The fourth-order valence-corrected chi connectivity index (χ4v) is 3.29. The van der Waals surface area contributed by atoms with Crippen LogP contribution in [0.25, 0.3) is 0 Å². The van der Waals surface area contributed by atoms with Crippen LogP contribution in [-0.2, 0) is 0 Å². The van der Waals surface area contributed by atoms with Crippen LogP contribution in [0.3, 0.4) is 0 Å². The Labute approximate surface area is 128 Å². The van der Waals surface area contributed by atoms with Crippen molar-refractivity contribution >= 4 is 0 Å². The summed E-state index contributed by atoms with van der Waals surface area (Å²) in [5.74, 6) is 0.785. The van der Waals surface area contributed by atoms with E-state index in [9.17, 15) is 4.39 Å². The Morgan fingerprint density at radius 1 is 1.29 bits per heavy atom. The molecule has 0 aliphatic carbocycles. The lowest BCUT2D eigenvalue weighted by Crippen LogP contribution is -2.36. The molecule has 0 aromatic heterocycles. The summed E-state index contributed by atoms with van der Waals surface area (Å²) in [6, 6.07) is 7.27. The van der Waals surface area contributed by atoms with E-state index in [2.05, 4.69) is 24.1 Å². The lowest BCUT2D eigenvalue weighted by molar-refractivity contribution is 0.174. The molecule has 21 heavy (non-hydrogen) atoms. The molecule has 0 spiro atoms. The molecule has 1 aliphatic rings. The second-order valence-electron chi connectivity index (χ2n) is 6.15. The number of nitrogens with zero attached hydrogens (tertiary/aromatic N) is 1. The first-order valence-electron chi connectivity index (χ1n) is 8.44. The molecule has 1 aromatic rings. The van der Waals surface area contributed by atoms with E-state index in [4.69, 9.17) is 0 Å². The Hall–Kier alpha value is -0.930. The summed E-state index contributed by atoms with van der Waals surface area (Å²) in [5, 5.41) is 3.49. The van der Waals surface area contributed by atoms with Gasteiger partial charge in [-0.15, -0.1) is 0 Å². The molecule has 1 aliphatic heterocycles. The van der Waals surface area contributed by atoms with Crippen molar-refractivity contribution in [3.05, 3.63) is 35.6 Å². The topological polar surface area (TPSA) is 15.3 Å². The van der Waals surface area contributed by atoms with Crippen LogP contribution in [0.1, 0.15) is 51.1 Å². The quantitative estimate of drug-likeness (QED) is 0.817. The van der Waals surface area contributed by atoms with Crippen molar-refractivity contribution in [3.8, 4) is 0 Å². The second kappa shape index (κ2) is 8.50. The first kappa shape index (κ1) is 16.4. The number of likely N-dealkylation sites (tertiary alicyclic amines) is 1. The van der Waals surface area contributed by atoms with Crippen LogP contribution in [0.5, 0.6) is 0 Å². The van der Waals surface area contributed by atoms with Crippen molar-refractivity contribution < 1.29 is 4.39 Å². The summed E-state index contributed by atoms with van der Waals surface area (Å²) >= 11 is 0. The molecule has 0 saturated carbocycles. The van der Waals surface area contributed by atoms with E-state index in [0.717, 1.165) is 31.0 Å². The first-order valence-corrected chi connectivity index (χ1v) is 8.44. The molecule has 0 radical (unpaired) electrons. The Balaban J connectivity index is 1.86. The third kappa shape index (κ3) is 5.08. The monoisotopic (exact) mass is 292 g/mol. The summed E-state index contributed by atoms with van der Waals surface area (Å²) in [5.41, 5.74) is 1.07. The Bertz CT molecular complexity index is 413. The lowest BCUT2D eigenvalue weighted by Gasteiger charge is -2.32. The van der Waals surface area contributed by atoms with Crippen molar-refractivity contribution in [1.82, 2.24) is 10.2 Å². The fraction of sp³-hybridized carbons (Fsp3) is 0.667.